The maximum absolute atomic E-state index is 13.7. The van der Waals surface area contributed by atoms with Crippen molar-refractivity contribution in [2.45, 2.75) is 31.7 Å². The van der Waals surface area contributed by atoms with Crippen molar-refractivity contribution in [2.24, 2.45) is 0 Å². The molecule has 0 aliphatic carbocycles. The molecule has 1 aromatic carbocycles. The van der Waals surface area contributed by atoms with E-state index in [4.69, 9.17) is 11.6 Å². The molecule has 0 bridgehead atoms. The van der Waals surface area contributed by atoms with Crippen LogP contribution in [0.15, 0.2) is 30.6 Å². The molecule has 0 radical (unpaired) electrons. The molecule has 3 heterocycles. The van der Waals surface area contributed by atoms with Gasteiger partial charge < -0.3 is 10.4 Å². The van der Waals surface area contributed by atoms with E-state index >= 15 is 0 Å². The Morgan fingerprint density at radius 3 is 2.54 bits per heavy atom. The number of aliphatic hydroxyl groups excluding tert-OH is 1. The molecule has 14 heteroatoms. The molecule has 8 nitrogen and oxygen atoms in total. The van der Waals surface area contributed by atoms with E-state index in [-0.39, 0.29) is 29.2 Å². The van der Waals surface area contributed by atoms with Crippen LogP contribution < -0.4 is 5.32 Å². The smallest absolute Gasteiger partial charge is 0.392 e. The number of aromatic nitrogens is 3. The standard InChI is InChI=1S/C21H21ClF3N5O3S2/c1-35(32,33)30-6-4-13(5-7-30)28-20-27-9-15(21(23,24)25)18(29-20)17-10-26-19(34-17)14-3-2-12(11-31)8-16(14)22/h2-3,8-10,13,31H,4-7,11H2,1H3,(H,27,28,29). The number of sulfonamides is 1. The Morgan fingerprint density at radius 2 is 1.94 bits per heavy atom. The highest BCUT2D eigenvalue weighted by molar-refractivity contribution is 7.88. The lowest BCUT2D eigenvalue weighted by Gasteiger charge is -2.30. The average molecular weight is 548 g/mol. The lowest BCUT2D eigenvalue weighted by molar-refractivity contribution is -0.137. The summed E-state index contributed by atoms with van der Waals surface area (Å²) >= 11 is 7.28. The van der Waals surface area contributed by atoms with Gasteiger partial charge in [0.2, 0.25) is 16.0 Å². The fourth-order valence-electron chi connectivity index (χ4n) is 3.70. The molecule has 1 fully saturated rings. The number of halogens is 4. The van der Waals surface area contributed by atoms with Gasteiger partial charge in [0.15, 0.2) is 0 Å². The molecular formula is C21H21ClF3N5O3S2. The van der Waals surface area contributed by atoms with Gasteiger partial charge in [-0.2, -0.15) is 13.2 Å². The first-order valence-electron chi connectivity index (χ1n) is 10.5. The average Bonchev–Trinajstić information content (AvgIpc) is 3.28. The third-order valence-corrected chi connectivity index (χ3v) is 8.19. The monoisotopic (exact) mass is 547 g/mol. The Labute approximate surface area is 208 Å². The number of hydrogen-bond donors (Lipinski definition) is 2. The van der Waals surface area contributed by atoms with Gasteiger partial charge >= 0.3 is 6.18 Å². The maximum Gasteiger partial charge on any atom is 0.420 e. The van der Waals surface area contributed by atoms with Crippen LogP contribution in [0.3, 0.4) is 0 Å². The highest BCUT2D eigenvalue weighted by Gasteiger charge is 2.36. The van der Waals surface area contributed by atoms with Crippen LogP contribution >= 0.6 is 22.9 Å². The molecule has 2 aromatic heterocycles. The molecule has 0 spiro atoms. The molecule has 0 amide bonds. The summed E-state index contributed by atoms with van der Waals surface area (Å²) in [5.41, 5.74) is -0.176. The van der Waals surface area contributed by atoms with Crippen LogP contribution in [0.25, 0.3) is 21.1 Å². The van der Waals surface area contributed by atoms with Gasteiger partial charge in [-0.25, -0.2) is 27.7 Å². The van der Waals surface area contributed by atoms with Gasteiger partial charge in [0.05, 0.1) is 28.5 Å². The number of benzene rings is 1. The second-order valence-corrected chi connectivity index (χ2v) is 11.5. The Balaban J connectivity index is 1.62. The summed E-state index contributed by atoms with van der Waals surface area (Å²) < 4.78 is 65.9. The van der Waals surface area contributed by atoms with Crippen molar-refractivity contribution >= 4 is 38.9 Å². The molecule has 3 aromatic rings. The Bertz CT molecular complexity index is 1330. The normalized spacial score (nSPS) is 15.9. The first kappa shape index (κ1) is 25.8. The number of piperidine rings is 1. The first-order valence-corrected chi connectivity index (χ1v) is 13.5. The lowest BCUT2D eigenvalue weighted by atomic mass is 10.1. The molecule has 4 rings (SSSR count). The maximum atomic E-state index is 13.7. The molecule has 1 aliphatic rings. The molecule has 1 saturated heterocycles. The van der Waals surface area contributed by atoms with E-state index in [2.05, 4.69) is 20.3 Å². The number of anilines is 1. The van der Waals surface area contributed by atoms with Gasteiger partial charge in [0, 0.05) is 37.1 Å². The minimum absolute atomic E-state index is 0.0195. The highest BCUT2D eigenvalue weighted by Crippen LogP contribution is 2.41. The van der Waals surface area contributed by atoms with E-state index in [0.29, 0.717) is 47.1 Å². The largest absolute Gasteiger partial charge is 0.420 e. The predicted molar refractivity (Wildman–Crippen MR) is 128 cm³/mol. The van der Waals surface area contributed by atoms with E-state index in [1.807, 2.05) is 0 Å². The Kier molecular flexibility index (Phi) is 7.34. The summed E-state index contributed by atoms with van der Waals surface area (Å²) in [6, 6.07) is 4.70. The molecular weight excluding hydrogens is 527 g/mol. The fourth-order valence-corrected chi connectivity index (χ4v) is 5.88. The van der Waals surface area contributed by atoms with Crippen LogP contribution in [0.2, 0.25) is 5.02 Å². The van der Waals surface area contributed by atoms with Gasteiger partial charge in [-0.3, -0.25) is 0 Å². The third kappa shape index (κ3) is 5.92. The van der Waals surface area contributed by atoms with Gasteiger partial charge in [0.1, 0.15) is 10.6 Å². The van der Waals surface area contributed by atoms with Gasteiger partial charge in [-0.05, 0) is 24.5 Å². The zero-order chi connectivity index (χ0) is 25.4. The third-order valence-electron chi connectivity index (χ3n) is 5.54. The van der Waals surface area contributed by atoms with Crippen molar-refractivity contribution in [3.05, 3.63) is 46.7 Å². The molecule has 188 valence electrons. The number of aliphatic hydroxyl groups is 1. The predicted octanol–water partition coefficient (Wildman–Crippen LogP) is 4.27. The van der Waals surface area contributed by atoms with Crippen LogP contribution in [0, 0.1) is 0 Å². The minimum Gasteiger partial charge on any atom is -0.392 e. The molecule has 0 unspecified atom stereocenters. The van der Waals surface area contributed by atoms with Crippen molar-refractivity contribution in [1.82, 2.24) is 19.3 Å². The fraction of sp³-hybridized carbons (Fsp3) is 0.381. The van der Waals surface area contributed by atoms with Crippen molar-refractivity contribution in [1.29, 1.82) is 0 Å². The first-order chi connectivity index (χ1) is 16.5. The summed E-state index contributed by atoms with van der Waals surface area (Å²) in [7, 11) is -3.29. The van der Waals surface area contributed by atoms with Gasteiger partial charge in [0.25, 0.3) is 0 Å². The molecule has 0 saturated carbocycles. The van der Waals surface area contributed by atoms with Crippen LogP contribution in [0.4, 0.5) is 19.1 Å². The number of rotatable bonds is 6. The summed E-state index contributed by atoms with van der Waals surface area (Å²) in [6.45, 7) is 0.415. The molecule has 0 atom stereocenters. The van der Waals surface area contributed by atoms with E-state index in [9.17, 15) is 26.7 Å². The number of thiazole rings is 1. The van der Waals surface area contributed by atoms with Crippen LogP contribution in [-0.4, -0.2) is 58.2 Å². The molecule has 2 N–H and O–H groups in total. The summed E-state index contributed by atoms with van der Waals surface area (Å²) in [4.78, 5) is 12.4. The highest BCUT2D eigenvalue weighted by atomic mass is 35.5. The summed E-state index contributed by atoms with van der Waals surface area (Å²) in [5.74, 6) is 0.0195. The van der Waals surface area contributed by atoms with Crippen LogP contribution in [0.5, 0.6) is 0 Å². The van der Waals surface area contributed by atoms with Crippen molar-refractivity contribution < 1.29 is 26.7 Å². The van der Waals surface area contributed by atoms with E-state index in [0.717, 1.165) is 23.8 Å². The second kappa shape index (κ2) is 9.97. The molecule has 1 aliphatic heterocycles. The van der Waals surface area contributed by atoms with Crippen LogP contribution in [0.1, 0.15) is 24.0 Å². The van der Waals surface area contributed by atoms with Gasteiger partial charge in [-0.1, -0.05) is 23.7 Å². The lowest BCUT2D eigenvalue weighted by Crippen LogP contribution is -2.42. The minimum atomic E-state index is -4.68. The van der Waals surface area contributed by atoms with Crippen molar-refractivity contribution in [2.75, 3.05) is 24.7 Å². The second-order valence-electron chi connectivity index (χ2n) is 8.04. The zero-order valence-electron chi connectivity index (χ0n) is 18.4. The van der Waals surface area contributed by atoms with E-state index in [1.54, 1.807) is 18.2 Å². The molecule has 35 heavy (non-hydrogen) atoms. The topological polar surface area (TPSA) is 108 Å². The van der Waals surface area contributed by atoms with E-state index < -0.39 is 21.8 Å². The number of nitrogens with one attached hydrogen (secondary N) is 1. The zero-order valence-corrected chi connectivity index (χ0v) is 20.8. The Morgan fingerprint density at radius 1 is 1.23 bits per heavy atom. The SMILES string of the molecule is CS(=O)(=O)N1CCC(Nc2ncc(C(F)(F)F)c(-c3cnc(-c4ccc(CO)cc4Cl)s3)n2)CC1. The van der Waals surface area contributed by atoms with Crippen LogP contribution in [-0.2, 0) is 22.8 Å². The number of alkyl halides is 3. The summed E-state index contributed by atoms with van der Waals surface area (Å²) in [6.07, 6.45) is -0.552. The number of nitrogens with zero attached hydrogens (tertiary/aromatic N) is 4. The quantitative estimate of drug-likeness (QED) is 0.474. The number of hydrogen-bond acceptors (Lipinski definition) is 8. The van der Waals surface area contributed by atoms with Gasteiger partial charge in [-0.15, -0.1) is 11.3 Å². The Hall–Kier alpha value is -2.32. The van der Waals surface area contributed by atoms with E-state index in [1.165, 1.54) is 10.5 Å². The van der Waals surface area contributed by atoms with Crippen molar-refractivity contribution in [3.8, 4) is 21.1 Å². The van der Waals surface area contributed by atoms with Crippen molar-refractivity contribution in [3.63, 3.8) is 0 Å². The summed E-state index contributed by atoms with van der Waals surface area (Å²) in [5, 5.41) is 13.0.